The molecule has 0 radical (unpaired) electrons. The molecule has 1 amide bonds. The van der Waals surface area contributed by atoms with Crippen molar-refractivity contribution in [2.45, 2.75) is 6.92 Å². The molecule has 0 aliphatic heterocycles. The maximum Gasteiger partial charge on any atom is 0.255 e. The fraction of sp³-hybridized carbons (Fsp3) is 0.0455. The van der Waals surface area contributed by atoms with E-state index in [1.54, 1.807) is 53.3 Å². The van der Waals surface area contributed by atoms with Crippen LogP contribution in [0.4, 0.5) is 17.2 Å². The Balaban J connectivity index is 1.46. The number of nitrogens with zero attached hydrogens (tertiary/aromatic N) is 5. The van der Waals surface area contributed by atoms with E-state index < -0.39 is 0 Å². The molecule has 0 bridgehead atoms. The first-order chi connectivity index (χ1) is 14.6. The minimum Gasteiger partial charge on any atom is -0.340 e. The first kappa shape index (κ1) is 18.8. The second-order valence-electron chi connectivity index (χ2n) is 6.46. The monoisotopic (exact) mass is 395 g/mol. The molecule has 8 nitrogen and oxygen atoms in total. The number of hydrogen-bond donors (Lipinski definition) is 2. The number of benzene rings is 2. The Morgan fingerprint density at radius 2 is 1.83 bits per heavy atom. The quantitative estimate of drug-likeness (QED) is 0.531. The lowest BCUT2D eigenvalue weighted by molar-refractivity contribution is 0.102. The molecule has 0 aliphatic rings. The second-order valence-corrected chi connectivity index (χ2v) is 6.46. The van der Waals surface area contributed by atoms with Gasteiger partial charge in [0.15, 0.2) is 5.82 Å². The normalized spacial score (nSPS) is 10.3. The molecule has 2 aromatic heterocycles. The van der Waals surface area contributed by atoms with Crippen LogP contribution in [0.5, 0.6) is 0 Å². The Labute approximate surface area is 172 Å². The predicted octanol–water partition coefficient (Wildman–Crippen LogP) is 3.84. The van der Waals surface area contributed by atoms with Gasteiger partial charge in [-0.3, -0.25) is 4.79 Å². The zero-order valence-corrected chi connectivity index (χ0v) is 16.1. The van der Waals surface area contributed by atoms with Crippen molar-refractivity contribution in [1.29, 1.82) is 5.26 Å². The van der Waals surface area contributed by atoms with Crippen LogP contribution in [-0.2, 0) is 0 Å². The molecule has 4 aromatic rings. The molecule has 0 unspecified atom stereocenters. The van der Waals surface area contributed by atoms with Crippen LogP contribution in [0.3, 0.4) is 0 Å². The van der Waals surface area contributed by atoms with Gasteiger partial charge in [0.05, 0.1) is 11.6 Å². The van der Waals surface area contributed by atoms with Crippen LogP contribution in [0, 0.1) is 18.3 Å². The largest absolute Gasteiger partial charge is 0.340 e. The highest BCUT2D eigenvalue weighted by Crippen LogP contribution is 2.20. The van der Waals surface area contributed by atoms with Gasteiger partial charge < -0.3 is 10.6 Å². The third-order valence-corrected chi connectivity index (χ3v) is 4.23. The Kier molecular flexibility index (Phi) is 5.17. The number of aryl methyl sites for hydroxylation is 1. The van der Waals surface area contributed by atoms with Crippen molar-refractivity contribution in [1.82, 2.24) is 19.7 Å². The number of nitriles is 1. The first-order valence-electron chi connectivity index (χ1n) is 9.15. The Morgan fingerprint density at radius 3 is 2.57 bits per heavy atom. The number of anilines is 3. The van der Waals surface area contributed by atoms with E-state index in [0.717, 1.165) is 5.69 Å². The smallest absolute Gasteiger partial charge is 0.255 e. The van der Waals surface area contributed by atoms with E-state index in [1.165, 1.54) is 0 Å². The standard InChI is InChI=1S/C22H17N7O/c1-15-25-20(13-21(26-15)29-11-3-10-24-29)27-18-6-8-19(9-7-18)28-22(30)17-5-2-4-16(12-17)14-23/h2-13H,1H3,(H,28,30)(H,25,26,27). The average molecular weight is 395 g/mol. The molecule has 0 aliphatic carbocycles. The summed E-state index contributed by atoms with van der Waals surface area (Å²) in [5, 5.41) is 19.2. The number of hydrogen-bond acceptors (Lipinski definition) is 6. The van der Waals surface area contributed by atoms with Crippen molar-refractivity contribution < 1.29 is 4.79 Å². The lowest BCUT2D eigenvalue weighted by atomic mass is 10.1. The van der Waals surface area contributed by atoms with Crippen molar-refractivity contribution in [3.63, 3.8) is 0 Å². The van der Waals surface area contributed by atoms with Gasteiger partial charge in [-0.25, -0.2) is 14.6 Å². The van der Waals surface area contributed by atoms with E-state index in [-0.39, 0.29) is 5.91 Å². The van der Waals surface area contributed by atoms with Gasteiger partial charge in [-0.05, 0) is 55.5 Å². The molecule has 0 saturated carbocycles. The van der Waals surface area contributed by atoms with Gasteiger partial charge in [-0.1, -0.05) is 6.07 Å². The lowest BCUT2D eigenvalue weighted by Crippen LogP contribution is -2.12. The summed E-state index contributed by atoms with van der Waals surface area (Å²) < 4.78 is 1.67. The summed E-state index contributed by atoms with van der Waals surface area (Å²) >= 11 is 0. The highest BCUT2D eigenvalue weighted by atomic mass is 16.1. The maximum atomic E-state index is 12.4. The van der Waals surface area contributed by atoms with Gasteiger partial charge in [-0.2, -0.15) is 10.4 Å². The molecule has 0 atom stereocenters. The van der Waals surface area contributed by atoms with Crippen molar-refractivity contribution in [3.05, 3.63) is 90.0 Å². The molecule has 2 heterocycles. The molecule has 146 valence electrons. The van der Waals surface area contributed by atoms with Crippen molar-refractivity contribution in [2.75, 3.05) is 10.6 Å². The first-order valence-corrected chi connectivity index (χ1v) is 9.15. The van der Waals surface area contributed by atoms with E-state index in [9.17, 15) is 4.79 Å². The molecule has 2 aromatic carbocycles. The number of aromatic nitrogens is 4. The Bertz CT molecular complexity index is 1230. The molecule has 8 heteroatoms. The van der Waals surface area contributed by atoms with E-state index in [1.807, 2.05) is 37.4 Å². The molecule has 30 heavy (non-hydrogen) atoms. The van der Waals surface area contributed by atoms with Crippen molar-refractivity contribution in [2.24, 2.45) is 0 Å². The Morgan fingerprint density at radius 1 is 1.03 bits per heavy atom. The summed E-state index contributed by atoms with van der Waals surface area (Å²) in [7, 11) is 0. The highest BCUT2D eigenvalue weighted by Gasteiger charge is 2.08. The van der Waals surface area contributed by atoms with Crippen LogP contribution in [0.2, 0.25) is 0 Å². The number of rotatable bonds is 5. The van der Waals surface area contributed by atoms with Crippen molar-refractivity contribution in [3.8, 4) is 11.9 Å². The molecule has 2 N–H and O–H groups in total. The number of amides is 1. The van der Waals surface area contributed by atoms with E-state index in [0.29, 0.717) is 34.3 Å². The number of carbonyl (C=O) groups is 1. The summed E-state index contributed by atoms with van der Waals surface area (Å²) in [5.41, 5.74) is 2.32. The van der Waals surface area contributed by atoms with E-state index in [4.69, 9.17) is 5.26 Å². The summed E-state index contributed by atoms with van der Waals surface area (Å²) in [6, 6.07) is 19.5. The summed E-state index contributed by atoms with van der Waals surface area (Å²) in [6.07, 6.45) is 3.50. The average Bonchev–Trinajstić information content (AvgIpc) is 3.30. The van der Waals surface area contributed by atoms with Crippen LogP contribution in [0.1, 0.15) is 21.7 Å². The van der Waals surface area contributed by atoms with Gasteiger partial charge in [-0.15, -0.1) is 0 Å². The highest BCUT2D eigenvalue weighted by molar-refractivity contribution is 6.04. The molecule has 0 spiro atoms. The SMILES string of the molecule is Cc1nc(Nc2ccc(NC(=O)c3cccc(C#N)c3)cc2)cc(-n2cccn2)n1. The Hall–Kier alpha value is -4.51. The van der Waals surface area contributed by atoms with Gasteiger partial charge in [0.25, 0.3) is 5.91 Å². The zero-order chi connectivity index (χ0) is 20.9. The number of nitrogens with one attached hydrogen (secondary N) is 2. The minimum atomic E-state index is -0.275. The second kappa shape index (κ2) is 8.24. The topological polar surface area (TPSA) is 109 Å². The molecular formula is C22H17N7O. The van der Waals surface area contributed by atoms with Crippen LogP contribution < -0.4 is 10.6 Å². The van der Waals surface area contributed by atoms with Gasteiger partial charge in [0.1, 0.15) is 11.6 Å². The predicted molar refractivity (Wildman–Crippen MR) is 113 cm³/mol. The van der Waals surface area contributed by atoms with E-state index >= 15 is 0 Å². The molecular weight excluding hydrogens is 378 g/mol. The molecule has 0 saturated heterocycles. The van der Waals surface area contributed by atoms with Crippen LogP contribution in [0.15, 0.2) is 73.1 Å². The summed E-state index contributed by atoms with van der Waals surface area (Å²) in [4.78, 5) is 21.2. The van der Waals surface area contributed by atoms with Crippen LogP contribution in [0.25, 0.3) is 5.82 Å². The van der Waals surface area contributed by atoms with Gasteiger partial charge in [0, 0.05) is 35.4 Å². The summed E-state index contributed by atoms with van der Waals surface area (Å²) in [6.45, 7) is 1.82. The third kappa shape index (κ3) is 4.31. The molecule has 0 fully saturated rings. The summed E-state index contributed by atoms with van der Waals surface area (Å²) in [5.74, 6) is 1.65. The number of carbonyl (C=O) groups excluding carboxylic acids is 1. The maximum absolute atomic E-state index is 12.4. The van der Waals surface area contributed by atoms with Crippen LogP contribution in [-0.4, -0.2) is 25.7 Å². The van der Waals surface area contributed by atoms with E-state index in [2.05, 4.69) is 25.7 Å². The lowest BCUT2D eigenvalue weighted by Gasteiger charge is -2.10. The van der Waals surface area contributed by atoms with Gasteiger partial charge in [0.2, 0.25) is 0 Å². The fourth-order valence-corrected chi connectivity index (χ4v) is 2.86. The fourth-order valence-electron chi connectivity index (χ4n) is 2.86. The molecule has 4 rings (SSSR count). The van der Waals surface area contributed by atoms with Crippen molar-refractivity contribution >= 4 is 23.1 Å². The third-order valence-electron chi connectivity index (χ3n) is 4.23. The van der Waals surface area contributed by atoms with Gasteiger partial charge >= 0.3 is 0 Å². The zero-order valence-electron chi connectivity index (χ0n) is 16.1. The van der Waals surface area contributed by atoms with Crippen LogP contribution >= 0.6 is 0 Å². The minimum absolute atomic E-state index is 0.275.